The summed E-state index contributed by atoms with van der Waals surface area (Å²) < 4.78 is 5.55. The lowest BCUT2D eigenvalue weighted by Gasteiger charge is -2.12. The number of hydrogen-bond acceptors (Lipinski definition) is 3. The van der Waals surface area contributed by atoms with E-state index in [-0.39, 0.29) is 24.3 Å². The van der Waals surface area contributed by atoms with Crippen molar-refractivity contribution in [2.45, 2.75) is 26.3 Å². The van der Waals surface area contributed by atoms with Crippen molar-refractivity contribution in [2.75, 3.05) is 6.61 Å². The summed E-state index contributed by atoms with van der Waals surface area (Å²) in [5.74, 6) is -0.0464. The van der Waals surface area contributed by atoms with Crippen LogP contribution in [0, 0.1) is 6.92 Å². The van der Waals surface area contributed by atoms with Gasteiger partial charge in [-0.05, 0) is 31.5 Å². The number of carbonyl (C=O) groups is 1. The number of benzene rings is 1. The Labute approximate surface area is 116 Å². The van der Waals surface area contributed by atoms with Crippen LogP contribution >= 0.6 is 11.6 Å². The third-order valence-electron chi connectivity index (χ3n) is 3.15. The predicted molar refractivity (Wildman–Crippen MR) is 74.6 cm³/mol. The fourth-order valence-corrected chi connectivity index (χ4v) is 2.11. The van der Waals surface area contributed by atoms with Gasteiger partial charge >= 0.3 is 0 Å². The van der Waals surface area contributed by atoms with Crippen molar-refractivity contribution < 1.29 is 14.3 Å². The molecule has 1 unspecified atom stereocenters. The minimum atomic E-state index is -0.314. The highest BCUT2D eigenvalue weighted by atomic mass is 35.5. The van der Waals surface area contributed by atoms with Crippen molar-refractivity contribution in [1.82, 2.24) is 5.32 Å². The number of hydrogen-bond donors (Lipinski definition) is 2. The van der Waals surface area contributed by atoms with Gasteiger partial charge in [0.25, 0.3) is 5.91 Å². The van der Waals surface area contributed by atoms with Crippen molar-refractivity contribution >= 4 is 28.5 Å². The standard InChI is InChI=1S/C14H16ClNO3/c1-3-10(7-17)16-14(18)13-8(2)11-6-9(15)4-5-12(11)19-13/h4-6,10,17H,3,7H2,1-2H3,(H,16,18). The summed E-state index contributed by atoms with van der Waals surface area (Å²) in [4.78, 5) is 12.1. The number of rotatable bonds is 4. The van der Waals surface area contributed by atoms with Gasteiger partial charge in [0.2, 0.25) is 0 Å². The average molecular weight is 282 g/mol. The first kappa shape index (κ1) is 13.9. The van der Waals surface area contributed by atoms with Gasteiger partial charge in [-0.2, -0.15) is 0 Å². The number of furan rings is 1. The minimum Gasteiger partial charge on any atom is -0.451 e. The first-order valence-electron chi connectivity index (χ1n) is 6.17. The van der Waals surface area contributed by atoms with Crippen molar-refractivity contribution in [3.8, 4) is 0 Å². The lowest BCUT2D eigenvalue weighted by molar-refractivity contribution is 0.0888. The molecule has 0 saturated carbocycles. The molecule has 0 aliphatic carbocycles. The molecule has 0 saturated heterocycles. The van der Waals surface area contributed by atoms with E-state index in [0.717, 1.165) is 10.9 Å². The van der Waals surface area contributed by atoms with Gasteiger partial charge in [-0.25, -0.2) is 0 Å². The summed E-state index contributed by atoms with van der Waals surface area (Å²) in [7, 11) is 0. The highest BCUT2D eigenvalue weighted by Crippen LogP contribution is 2.27. The quantitative estimate of drug-likeness (QED) is 0.906. The Kier molecular flexibility index (Phi) is 4.12. The number of carbonyl (C=O) groups excluding carboxylic acids is 1. The number of aliphatic hydroxyl groups is 1. The fraction of sp³-hybridized carbons (Fsp3) is 0.357. The Bertz CT molecular complexity index is 602. The van der Waals surface area contributed by atoms with Crippen LogP contribution in [0.3, 0.4) is 0 Å². The third-order valence-corrected chi connectivity index (χ3v) is 3.39. The number of halogens is 1. The Morgan fingerprint density at radius 2 is 2.26 bits per heavy atom. The molecule has 0 fully saturated rings. The maximum Gasteiger partial charge on any atom is 0.287 e. The second-order valence-electron chi connectivity index (χ2n) is 4.46. The van der Waals surface area contributed by atoms with Crippen molar-refractivity contribution in [3.63, 3.8) is 0 Å². The van der Waals surface area contributed by atoms with Gasteiger partial charge < -0.3 is 14.8 Å². The first-order chi connectivity index (χ1) is 9.06. The maximum absolute atomic E-state index is 12.1. The van der Waals surface area contributed by atoms with Gasteiger partial charge in [-0.3, -0.25) is 4.79 Å². The molecule has 1 heterocycles. The maximum atomic E-state index is 12.1. The average Bonchev–Trinajstić information content (AvgIpc) is 2.73. The van der Waals surface area contributed by atoms with Crippen molar-refractivity contribution in [1.29, 1.82) is 0 Å². The minimum absolute atomic E-state index is 0.0899. The second kappa shape index (κ2) is 5.63. The van der Waals surface area contributed by atoms with Gasteiger partial charge in [0.15, 0.2) is 5.76 Å². The molecule has 1 amide bonds. The molecular weight excluding hydrogens is 266 g/mol. The zero-order chi connectivity index (χ0) is 14.0. The van der Waals surface area contributed by atoms with Crippen LogP contribution in [0.5, 0.6) is 0 Å². The van der Waals surface area contributed by atoms with Crippen LogP contribution in [0.1, 0.15) is 29.5 Å². The lowest BCUT2D eigenvalue weighted by Crippen LogP contribution is -2.37. The molecule has 1 atom stereocenters. The molecule has 2 aromatic rings. The van der Waals surface area contributed by atoms with Gasteiger partial charge in [0.05, 0.1) is 12.6 Å². The number of nitrogens with one attached hydrogen (secondary N) is 1. The molecule has 19 heavy (non-hydrogen) atoms. The highest BCUT2D eigenvalue weighted by Gasteiger charge is 2.19. The van der Waals surface area contributed by atoms with Gasteiger partial charge in [-0.1, -0.05) is 18.5 Å². The SMILES string of the molecule is CCC(CO)NC(=O)c1oc2ccc(Cl)cc2c1C. The Hall–Kier alpha value is -1.52. The van der Waals surface area contributed by atoms with Crippen LogP contribution < -0.4 is 5.32 Å². The summed E-state index contributed by atoms with van der Waals surface area (Å²) in [6.45, 7) is 3.62. The topological polar surface area (TPSA) is 62.5 Å². The summed E-state index contributed by atoms with van der Waals surface area (Å²) >= 11 is 5.93. The zero-order valence-electron chi connectivity index (χ0n) is 10.9. The molecular formula is C14H16ClNO3. The summed E-state index contributed by atoms with van der Waals surface area (Å²) in [6, 6.07) is 4.97. The monoisotopic (exact) mass is 281 g/mol. The van der Waals surface area contributed by atoms with E-state index in [1.165, 1.54) is 0 Å². The van der Waals surface area contributed by atoms with Gasteiger partial charge in [0.1, 0.15) is 5.58 Å². The third kappa shape index (κ3) is 2.74. The van der Waals surface area contributed by atoms with Crippen molar-refractivity contribution in [2.24, 2.45) is 0 Å². The van der Waals surface area contributed by atoms with E-state index in [1.807, 2.05) is 13.8 Å². The van der Waals surface area contributed by atoms with Crippen LogP contribution in [0.25, 0.3) is 11.0 Å². The first-order valence-corrected chi connectivity index (χ1v) is 6.55. The van der Waals surface area contributed by atoms with Gasteiger partial charge in [0, 0.05) is 16.0 Å². The molecule has 1 aromatic heterocycles. The molecule has 0 aliphatic heterocycles. The van der Waals surface area contributed by atoms with E-state index in [1.54, 1.807) is 18.2 Å². The number of fused-ring (bicyclic) bond motifs is 1. The van der Waals surface area contributed by atoms with Crippen LogP contribution in [-0.2, 0) is 0 Å². The molecule has 4 nitrogen and oxygen atoms in total. The van der Waals surface area contributed by atoms with E-state index in [9.17, 15) is 4.79 Å². The predicted octanol–water partition coefficient (Wildman–Crippen LogP) is 2.90. The Morgan fingerprint density at radius 1 is 1.53 bits per heavy atom. The smallest absolute Gasteiger partial charge is 0.287 e. The summed E-state index contributed by atoms with van der Waals surface area (Å²) in [6.07, 6.45) is 0.660. The van der Waals surface area contributed by atoms with Crippen LogP contribution in [0.15, 0.2) is 22.6 Å². The highest BCUT2D eigenvalue weighted by molar-refractivity contribution is 6.31. The Morgan fingerprint density at radius 3 is 2.89 bits per heavy atom. The number of aryl methyl sites for hydroxylation is 1. The summed E-state index contributed by atoms with van der Waals surface area (Å²) in [5.41, 5.74) is 1.38. The molecule has 0 aliphatic rings. The van der Waals surface area contributed by atoms with Crippen LogP contribution in [0.2, 0.25) is 5.02 Å². The lowest BCUT2D eigenvalue weighted by atomic mass is 10.1. The molecule has 1 aromatic carbocycles. The molecule has 102 valence electrons. The normalized spacial score (nSPS) is 12.6. The molecule has 5 heteroatoms. The number of amides is 1. The molecule has 0 bridgehead atoms. The molecule has 0 radical (unpaired) electrons. The summed E-state index contributed by atoms with van der Waals surface area (Å²) in [5, 5.41) is 13.3. The molecule has 0 spiro atoms. The van der Waals surface area contributed by atoms with E-state index < -0.39 is 0 Å². The van der Waals surface area contributed by atoms with E-state index in [2.05, 4.69) is 5.32 Å². The molecule has 2 N–H and O–H groups in total. The molecule has 2 rings (SSSR count). The Balaban J connectivity index is 2.35. The van der Waals surface area contributed by atoms with E-state index in [0.29, 0.717) is 17.0 Å². The fourth-order valence-electron chi connectivity index (χ4n) is 1.94. The van der Waals surface area contributed by atoms with Gasteiger partial charge in [-0.15, -0.1) is 0 Å². The van der Waals surface area contributed by atoms with Crippen molar-refractivity contribution in [3.05, 3.63) is 34.5 Å². The number of aliphatic hydroxyl groups excluding tert-OH is 1. The zero-order valence-corrected chi connectivity index (χ0v) is 11.6. The van der Waals surface area contributed by atoms with E-state index in [4.69, 9.17) is 21.1 Å². The second-order valence-corrected chi connectivity index (χ2v) is 4.89. The van der Waals surface area contributed by atoms with Crippen LogP contribution in [0.4, 0.5) is 0 Å². The largest absolute Gasteiger partial charge is 0.451 e. The van der Waals surface area contributed by atoms with E-state index >= 15 is 0 Å². The van der Waals surface area contributed by atoms with Crippen LogP contribution in [-0.4, -0.2) is 23.7 Å².